The Kier molecular flexibility index (Phi) is 4.03. The van der Waals surface area contributed by atoms with Gasteiger partial charge in [0, 0.05) is 24.5 Å². The van der Waals surface area contributed by atoms with Crippen molar-refractivity contribution >= 4 is 11.3 Å². The number of para-hydroxylation sites is 1. The fraction of sp³-hybridized carbons (Fsp3) is 0.188. The maximum absolute atomic E-state index is 6.04. The second kappa shape index (κ2) is 6.11. The normalized spacial score (nSPS) is 12.3. The Balaban J connectivity index is 2.07. The van der Waals surface area contributed by atoms with Gasteiger partial charge in [0.25, 0.3) is 0 Å². The average Bonchev–Trinajstić information content (AvgIpc) is 3.19. The van der Waals surface area contributed by atoms with Crippen molar-refractivity contribution in [3.8, 4) is 16.5 Å². The maximum Gasteiger partial charge on any atom is 0.150 e. The van der Waals surface area contributed by atoms with Crippen LogP contribution in [0.1, 0.15) is 11.6 Å². The molecule has 1 atom stereocenters. The first-order valence-corrected chi connectivity index (χ1v) is 7.62. The van der Waals surface area contributed by atoms with Crippen molar-refractivity contribution < 1.29 is 4.74 Å². The van der Waals surface area contributed by atoms with Crippen LogP contribution in [0, 0.1) is 0 Å². The van der Waals surface area contributed by atoms with Crippen molar-refractivity contribution in [3.63, 3.8) is 0 Å². The van der Waals surface area contributed by atoms with Crippen LogP contribution in [0.2, 0.25) is 0 Å². The van der Waals surface area contributed by atoms with Gasteiger partial charge < -0.3 is 15.0 Å². The molecule has 4 nitrogen and oxygen atoms in total. The summed E-state index contributed by atoms with van der Waals surface area (Å²) in [6, 6.07) is 12.1. The van der Waals surface area contributed by atoms with Gasteiger partial charge in [0.15, 0.2) is 5.82 Å². The molecule has 1 aromatic carbocycles. The predicted octanol–water partition coefficient (Wildman–Crippen LogP) is 3.17. The standard InChI is InChI=1S/C16H17N3OS/c1-20-14-6-3-2-5-12(14)13(11-17)19-9-8-18-16(19)15-7-4-10-21-15/h2-10,13H,11,17H2,1H3. The highest BCUT2D eigenvalue weighted by Crippen LogP contribution is 2.31. The average molecular weight is 299 g/mol. The molecule has 3 aromatic rings. The molecular weight excluding hydrogens is 282 g/mol. The van der Waals surface area contributed by atoms with Crippen LogP contribution in [0.4, 0.5) is 0 Å². The van der Waals surface area contributed by atoms with Crippen molar-refractivity contribution in [3.05, 3.63) is 59.7 Å². The summed E-state index contributed by atoms with van der Waals surface area (Å²) in [5.74, 6) is 1.78. The number of nitrogens with zero attached hydrogens (tertiary/aromatic N) is 2. The van der Waals surface area contributed by atoms with Crippen LogP contribution in [0.5, 0.6) is 5.75 Å². The molecule has 0 saturated heterocycles. The molecule has 21 heavy (non-hydrogen) atoms. The Labute approximate surface area is 127 Å². The zero-order valence-electron chi connectivity index (χ0n) is 11.8. The first-order valence-electron chi connectivity index (χ1n) is 6.75. The molecule has 0 aliphatic carbocycles. The fourth-order valence-electron chi connectivity index (χ4n) is 2.49. The molecule has 0 bridgehead atoms. The number of ether oxygens (including phenoxy) is 1. The number of benzene rings is 1. The van der Waals surface area contributed by atoms with Crippen LogP contribution in [0.3, 0.4) is 0 Å². The van der Waals surface area contributed by atoms with E-state index < -0.39 is 0 Å². The predicted molar refractivity (Wildman–Crippen MR) is 85.7 cm³/mol. The highest BCUT2D eigenvalue weighted by atomic mass is 32.1. The number of hydrogen-bond donors (Lipinski definition) is 1. The Morgan fingerprint density at radius 2 is 2.14 bits per heavy atom. The lowest BCUT2D eigenvalue weighted by Crippen LogP contribution is -2.21. The number of aromatic nitrogens is 2. The Morgan fingerprint density at radius 3 is 2.86 bits per heavy atom. The van der Waals surface area contributed by atoms with Gasteiger partial charge in [0.2, 0.25) is 0 Å². The van der Waals surface area contributed by atoms with Gasteiger partial charge in [-0.25, -0.2) is 4.98 Å². The van der Waals surface area contributed by atoms with Crippen molar-refractivity contribution in [2.24, 2.45) is 5.73 Å². The first-order chi connectivity index (χ1) is 10.3. The van der Waals surface area contributed by atoms with E-state index in [1.807, 2.05) is 36.7 Å². The first kappa shape index (κ1) is 13.9. The summed E-state index contributed by atoms with van der Waals surface area (Å²) >= 11 is 1.67. The molecule has 3 rings (SSSR count). The molecule has 0 saturated carbocycles. The number of imidazole rings is 1. The zero-order valence-corrected chi connectivity index (χ0v) is 12.6. The molecule has 2 heterocycles. The van der Waals surface area contributed by atoms with Gasteiger partial charge in [-0.3, -0.25) is 0 Å². The second-order valence-corrected chi connectivity index (χ2v) is 5.58. The van der Waals surface area contributed by atoms with Crippen molar-refractivity contribution in [2.75, 3.05) is 13.7 Å². The molecule has 0 radical (unpaired) electrons. The monoisotopic (exact) mass is 299 g/mol. The molecule has 0 fully saturated rings. The van der Waals surface area contributed by atoms with E-state index in [1.165, 1.54) is 0 Å². The summed E-state index contributed by atoms with van der Waals surface area (Å²) in [6.07, 6.45) is 3.78. The van der Waals surface area contributed by atoms with Gasteiger partial charge in [-0.15, -0.1) is 11.3 Å². The number of nitrogens with two attached hydrogens (primary N) is 1. The van der Waals surface area contributed by atoms with E-state index in [9.17, 15) is 0 Å². The highest BCUT2D eigenvalue weighted by molar-refractivity contribution is 7.13. The van der Waals surface area contributed by atoms with Crippen molar-refractivity contribution in [1.29, 1.82) is 0 Å². The van der Waals surface area contributed by atoms with Gasteiger partial charge >= 0.3 is 0 Å². The van der Waals surface area contributed by atoms with Crippen LogP contribution >= 0.6 is 11.3 Å². The van der Waals surface area contributed by atoms with Gasteiger partial charge in [-0.05, 0) is 17.5 Å². The fourth-order valence-corrected chi connectivity index (χ4v) is 3.22. The minimum atomic E-state index is 0.000694. The number of hydrogen-bond acceptors (Lipinski definition) is 4. The van der Waals surface area contributed by atoms with Gasteiger partial charge in [0.1, 0.15) is 5.75 Å². The lowest BCUT2D eigenvalue weighted by Gasteiger charge is -2.21. The van der Waals surface area contributed by atoms with E-state index in [0.717, 1.165) is 22.0 Å². The molecule has 0 amide bonds. The molecule has 0 aliphatic rings. The van der Waals surface area contributed by atoms with E-state index in [0.29, 0.717) is 6.54 Å². The topological polar surface area (TPSA) is 53.1 Å². The summed E-state index contributed by atoms with van der Waals surface area (Å²) in [7, 11) is 1.68. The molecule has 108 valence electrons. The zero-order chi connectivity index (χ0) is 14.7. The van der Waals surface area contributed by atoms with Crippen LogP contribution in [-0.4, -0.2) is 23.2 Å². The summed E-state index contributed by atoms with van der Waals surface area (Å²) in [5.41, 5.74) is 7.11. The van der Waals surface area contributed by atoms with E-state index in [2.05, 4.69) is 27.1 Å². The molecule has 0 aliphatic heterocycles. The number of rotatable bonds is 5. The van der Waals surface area contributed by atoms with Gasteiger partial charge in [-0.1, -0.05) is 24.3 Å². The second-order valence-electron chi connectivity index (χ2n) is 4.63. The van der Waals surface area contributed by atoms with Crippen LogP contribution in [-0.2, 0) is 0 Å². The minimum Gasteiger partial charge on any atom is -0.496 e. The highest BCUT2D eigenvalue weighted by Gasteiger charge is 2.19. The van der Waals surface area contributed by atoms with Crippen molar-refractivity contribution in [2.45, 2.75) is 6.04 Å². The van der Waals surface area contributed by atoms with E-state index >= 15 is 0 Å². The SMILES string of the molecule is COc1ccccc1C(CN)n1ccnc1-c1cccs1. The summed E-state index contributed by atoms with van der Waals surface area (Å²) in [4.78, 5) is 5.62. The van der Waals surface area contributed by atoms with E-state index in [-0.39, 0.29) is 6.04 Å². The third kappa shape index (κ3) is 2.57. The molecule has 2 aromatic heterocycles. The lowest BCUT2D eigenvalue weighted by atomic mass is 10.1. The Bertz CT molecular complexity index is 706. The van der Waals surface area contributed by atoms with Crippen LogP contribution in [0.15, 0.2) is 54.2 Å². The van der Waals surface area contributed by atoms with E-state index in [1.54, 1.807) is 18.4 Å². The van der Waals surface area contributed by atoms with Gasteiger partial charge in [0.05, 0.1) is 18.0 Å². The lowest BCUT2D eigenvalue weighted by molar-refractivity contribution is 0.402. The smallest absolute Gasteiger partial charge is 0.150 e. The number of thiophene rings is 1. The van der Waals surface area contributed by atoms with Crippen LogP contribution < -0.4 is 10.5 Å². The third-order valence-corrected chi connectivity index (χ3v) is 4.33. The maximum atomic E-state index is 6.04. The molecular formula is C16H17N3OS. The molecule has 5 heteroatoms. The quantitative estimate of drug-likeness (QED) is 0.787. The Morgan fingerprint density at radius 1 is 1.29 bits per heavy atom. The molecule has 0 spiro atoms. The van der Waals surface area contributed by atoms with Crippen molar-refractivity contribution in [1.82, 2.24) is 9.55 Å². The number of methoxy groups -OCH3 is 1. The van der Waals surface area contributed by atoms with E-state index in [4.69, 9.17) is 10.5 Å². The van der Waals surface area contributed by atoms with Gasteiger partial charge in [-0.2, -0.15) is 0 Å². The van der Waals surface area contributed by atoms with Crippen LogP contribution in [0.25, 0.3) is 10.7 Å². The summed E-state index contributed by atoms with van der Waals surface area (Å²) in [5, 5.41) is 2.05. The summed E-state index contributed by atoms with van der Waals surface area (Å²) < 4.78 is 7.58. The largest absolute Gasteiger partial charge is 0.496 e. The Hall–Kier alpha value is -2.11. The molecule has 1 unspecified atom stereocenters. The molecule has 2 N–H and O–H groups in total. The summed E-state index contributed by atoms with van der Waals surface area (Å²) in [6.45, 7) is 0.481. The minimum absolute atomic E-state index is 0.000694. The third-order valence-electron chi connectivity index (χ3n) is 3.47.